The summed E-state index contributed by atoms with van der Waals surface area (Å²) >= 11 is 0. The molecule has 0 amide bonds. The van der Waals surface area contributed by atoms with E-state index in [1.807, 2.05) is 4.57 Å². The highest BCUT2D eigenvalue weighted by molar-refractivity contribution is 5.78. The summed E-state index contributed by atoms with van der Waals surface area (Å²) in [7, 11) is 0. The monoisotopic (exact) mass is 221 g/mol. The molecule has 0 aliphatic carbocycles. The molecule has 3 nitrogen and oxygen atoms in total. The lowest BCUT2D eigenvalue weighted by Gasteiger charge is -2.08. The van der Waals surface area contributed by atoms with Crippen LogP contribution in [0, 0.1) is 11.7 Å². The number of nitrogens with zero attached hydrogens (tertiary/aromatic N) is 2. The molecule has 0 atom stereocenters. The molecule has 1 aromatic carbocycles. The Hall–Kier alpha value is -1.58. The number of aromatic nitrogens is 2. The van der Waals surface area contributed by atoms with E-state index >= 15 is 0 Å². The molecule has 1 heterocycles. The van der Waals surface area contributed by atoms with Crippen molar-refractivity contribution < 1.29 is 4.39 Å². The Balaban J connectivity index is 2.40. The summed E-state index contributed by atoms with van der Waals surface area (Å²) in [6, 6.07) is 4.58. The third-order valence-corrected chi connectivity index (χ3v) is 2.67. The molecule has 2 rings (SSSR count). The van der Waals surface area contributed by atoms with Crippen LogP contribution >= 0.6 is 0 Å². The zero-order valence-corrected chi connectivity index (χ0v) is 9.57. The van der Waals surface area contributed by atoms with E-state index in [1.165, 1.54) is 12.1 Å². The van der Waals surface area contributed by atoms with Crippen molar-refractivity contribution in [2.45, 2.75) is 26.8 Å². The van der Waals surface area contributed by atoms with Gasteiger partial charge >= 0.3 is 0 Å². The van der Waals surface area contributed by atoms with Crippen LogP contribution in [0.2, 0.25) is 0 Å². The second-order valence-electron chi connectivity index (χ2n) is 4.44. The Kier molecular flexibility index (Phi) is 2.81. The second-order valence-corrected chi connectivity index (χ2v) is 4.44. The Morgan fingerprint density at radius 2 is 2.19 bits per heavy atom. The van der Waals surface area contributed by atoms with Crippen molar-refractivity contribution in [1.82, 2.24) is 9.55 Å². The minimum absolute atomic E-state index is 0.277. The minimum atomic E-state index is -0.277. The lowest BCUT2D eigenvalue weighted by atomic mass is 10.1. The fraction of sp³-hybridized carbons (Fsp3) is 0.417. The van der Waals surface area contributed by atoms with Crippen LogP contribution in [-0.4, -0.2) is 9.55 Å². The van der Waals surface area contributed by atoms with Gasteiger partial charge in [0.15, 0.2) is 0 Å². The maximum Gasteiger partial charge on any atom is 0.201 e. The topological polar surface area (TPSA) is 43.8 Å². The number of anilines is 1. The predicted octanol–water partition coefficient (Wildman–Crippen LogP) is 2.80. The molecule has 0 aliphatic heterocycles. The number of hydrogen-bond donors (Lipinski definition) is 1. The predicted molar refractivity (Wildman–Crippen MR) is 63.6 cm³/mol. The van der Waals surface area contributed by atoms with Gasteiger partial charge < -0.3 is 10.3 Å². The molecule has 2 aromatic rings. The van der Waals surface area contributed by atoms with E-state index in [0.29, 0.717) is 17.4 Å². The summed E-state index contributed by atoms with van der Waals surface area (Å²) in [6.07, 6.45) is 1.03. The lowest BCUT2D eigenvalue weighted by molar-refractivity contribution is 0.526. The normalized spacial score (nSPS) is 11.5. The average Bonchev–Trinajstić information content (AvgIpc) is 2.50. The Labute approximate surface area is 94.1 Å². The zero-order valence-electron chi connectivity index (χ0n) is 9.57. The third-order valence-electron chi connectivity index (χ3n) is 2.67. The fourth-order valence-electron chi connectivity index (χ4n) is 1.74. The highest BCUT2D eigenvalue weighted by Crippen LogP contribution is 2.20. The summed E-state index contributed by atoms with van der Waals surface area (Å²) in [6.45, 7) is 5.15. The van der Waals surface area contributed by atoms with Crippen LogP contribution in [0.15, 0.2) is 18.2 Å². The van der Waals surface area contributed by atoms with Crippen molar-refractivity contribution in [3.05, 3.63) is 24.0 Å². The van der Waals surface area contributed by atoms with Crippen LogP contribution in [0.3, 0.4) is 0 Å². The van der Waals surface area contributed by atoms with E-state index in [-0.39, 0.29) is 5.82 Å². The molecule has 0 saturated carbocycles. The Bertz CT molecular complexity index is 502. The van der Waals surface area contributed by atoms with Gasteiger partial charge in [-0.15, -0.1) is 0 Å². The number of nitrogen functional groups attached to an aromatic ring is 1. The van der Waals surface area contributed by atoms with Gasteiger partial charge in [0, 0.05) is 12.6 Å². The van der Waals surface area contributed by atoms with Gasteiger partial charge in [0.05, 0.1) is 11.0 Å². The number of fused-ring (bicyclic) bond motifs is 1. The number of imidazole rings is 1. The molecular weight excluding hydrogens is 205 g/mol. The van der Waals surface area contributed by atoms with Crippen molar-refractivity contribution in [3.8, 4) is 0 Å². The molecule has 0 radical (unpaired) electrons. The standard InChI is InChI=1S/C12H16FN3/c1-8(2)5-6-16-11-4-3-9(13)7-10(11)15-12(16)14/h3-4,7-8H,5-6H2,1-2H3,(H2,14,15). The van der Waals surface area contributed by atoms with Crippen LogP contribution in [0.25, 0.3) is 11.0 Å². The summed E-state index contributed by atoms with van der Waals surface area (Å²) in [4.78, 5) is 4.15. The summed E-state index contributed by atoms with van der Waals surface area (Å²) in [5.74, 6) is 0.791. The molecule has 0 spiro atoms. The molecule has 0 fully saturated rings. The van der Waals surface area contributed by atoms with Crippen molar-refractivity contribution in [3.63, 3.8) is 0 Å². The van der Waals surface area contributed by atoms with Crippen molar-refractivity contribution in [2.75, 3.05) is 5.73 Å². The van der Waals surface area contributed by atoms with E-state index < -0.39 is 0 Å². The molecule has 16 heavy (non-hydrogen) atoms. The van der Waals surface area contributed by atoms with E-state index in [4.69, 9.17) is 5.73 Å². The quantitative estimate of drug-likeness (QED) is 0.866. The summed E-state index contributed by atoms with van der Waals surface area (Å²) in [5.41, 5.74) is 7.35. The number of nitrogens with two attached hydrogens (primary N) is 1. The van der Waals surface area contributed by atoms with Crippen LogP contribution in [0.1, 0.15) is 20.3 Å². The summed E-state index contributed by atoms with van der Waals surface area (Å²) in [5, 5.41) is 0. The number of halogens is 1. The molecule has 1 aromatic heterocycles. The zero-order chi connectivity index (χ0) is 11.7. The third kappa shape index (κ3) is 2.01. The maximum absolute atomic E-state index is 13.0. The molecule has 4 heteroatoms. The second kappa shape index (κ2) is 4.12. The van der Waals surface area contributed by atoms with Gasteiger partial charge in [0.1, 0.15) is 5.82 Å². The van der Waals surface area contributed by atoms with E-state index in [0.717, 1.165) is 18.5 Å². The van der Waals surface area contributed by atoms with Crippen LogP contribution in [0.4, 0.5) is 10.3 Å². The minimum Gasteiger partial charge on any atom is -0.369 e. The number of benzene rings is 1. The van der Waals surface area contributed by atoms with Crippen molar-refractivity contribution >= 4 is 17.0 Å². The highest BCUT2D eigenvalue weighted by Gasteiger charge is 2.08. The van der Waals surface area contributed by atoms with Gasteiger partial charge in [-0.05, 0) is 24.5 Å². The fourth-order valence-corrected chi connectivity index (χ4v) is 1.74. The van der Waals surface area contributed by atoms with E-state index in [2.05, 4.69) is 18.8 Å². The van der Waals surface area contributed by atoms with Gasteiger partial charge in [0.2, 0.25) is 5.95 Å². The van der Waals surface area contributed by atoms with E-state index in [1.54, 1.807) is 6.07 Å². The lowest BCUT2D eigenvalue weighted by Crippen LogP contribution is -2.05. The summed E-state index contributed by atoms with van der Waals surface area (Å²) < 4.78 is 14.9. The molecule has 0 aliphatic rings. The molecule has 2 N–H and O–H groups in total. The maximum atomic E-state index is 13.0. The van der Waals surface area contributed by atoms with E-state index in [9.17, 15) is 4.39 Å². The van der Waals surface area contributed by atoms with Crippen LogP contribution < -0.4 is 5.73 Å². The first-order chi connectivity index (χ1) is 7.58. The number of aryl methyl sites for hydroxylation is 1. The van der Waals surface area contributed by atoms with Gasteiger partial charge in [-0.25, -0.2) is 9.37 Å². The van der Waals surface area contributed by atoms with Crippen molar-refractivity contribution in [2.24, 2.45) is 5.92 Å². The van der Waals surface area contributed by atoms with Crippen molar-refractivity contribution in [1.29, 1.82) is 0 Å². The SMILES string of the molecule is CC(C)CCn1c(N)nc2cc(F)ccc21. The first-order valence-corrected chi connectivity index (χ1v) is 5.49. The van der Waals surface area contributed by atoms with Crippen LogP contribution in [0.5, 0.6) is 0 Å². The first kappa shape index (κ1) is 10.9. The largest absolute Gasteiger partial charge is 0.369 e. The van der Waals surface area contributed by atoms with Gasteiger partial charge in [-0.3, -0.25) is 0 Å². The molecule has 0 saturated heterocycles. The molecule has 86 valence electrons. The first-order valence-electron chi connectivity index (χ1n) is 5.49. The van der Waals surface area contributed by atoms with Gasteiger partial charge in [0.25, 0.3) is 0 Å². The van der Waals surface area contributed by atoms with Crippen LogP contribution in [-0.2, 0) is 6.54 Å². The van der Waals surface area contributed by atoms with Gasteiger partial charge in [-0.1, -0.05) is 13.8 Å². The Morgan fingerprint density at radius 3 is 2.88 bits per heavy atom. The number of rotatable bonds is 3. The molecule has 0 unspecified atom stereocenters. The average molecular weight is 221 g/mol. The molecular formula is C12H16FN3. The molecule has 0 bridgehead atoms. The van der Waals surface area contributed by atoms with Gasteiger partial charge in [-0.2, -0.15) is 0 Å². The smallest absolute Gasteiger partial charge is 0.201 e. The Morgan fingerprint density at radius 1 is 1.44 bits per heavy atom. The highest BCUT2D eigenvalue weighted by atomic mass is 19.1. The number of hydrogen-bond acceptors (Lipinski definition) is 2.